The lowest BCUT2D eigenvalue weighted by Gasteiger charge is -2.47. The van der Waals surface area contributed by atoms with Gasteiger partial charge < -0.3 is 4.74 Å². The van der Waals surface area contributed by atoms with Crippen LogP contribution in [0.25, 0.3) is 0 Å². The second-order valence-corrected chi connectivity index (χ2v) is 8.04. The summed E-state index contributed by atoms with van der Waals surface area (Å²) in [5.41, 5.74) is 0.564. The highest BCUT2D eigenvalue weighted by Gasteiger charge is 2.45. The molecule has 0 aromatic heterocycles. The van der Waals surface area contributed by atoms with E-state index in [1.807, 2.05) is 0 Å². The molecule has 3 rings (SSSR count). The fourth-order valence-electron chi connectivity index (χ4n) is 5.61. The summed E-state index contributed by atoms with van der Waals surface area (Å²) >= 11 is 0. The van der Waals surface area contributed by atoms with Crippen molar-refractivity contribution in [2.45, 2.75) is 109 Å². The van der Waals surface area contributed by atoms with Crippen molar-refractivity contribution in [2.24, 2.45) is 11.3 Å². The highest BCUT2D eigenvalue weighted by Crippen LogP contribution is 2.52. The van der Waals surface area contributed by atoms with Crippen LogP contribution in [0.15, 0.2) is 0 Å². The van der Waals surface area contributed by atoms with Gasteiger partial charge in [0.15, 0.2) is 0 Å². The molecule has 1 saturated heterocycles. The first-order valence-corrected chi connectivity index (χ1v) is 10.0. The highest BCUT2D eigenvalue weighted by molar-refractivity contribution is 4.96. The van der Waals surface area contributed by atoms with E-state index in [1.54, 1.807) is 0 Å². The van der Waals surface area contributed by atoms with Gasteiger partial charge in [-0.25, -0.2) is 0 Å². The maximum Gasteiger partial charge on any atom is 0.0633 e. The lowest BCUT2D eigenvalue weighted by molar-refractivity contribution is -0.0939. The van der Waals surface area contributed by atoms with Crippen LogP contribution in [0.1, 0.15) is 103 Å². The smallest absolute Gasteiger partial charge is 0.0633 e. The first-order valence-electron chi connectivity index (χ1n) is 10.0. The van der Waals surface area contributed by atoms with E-state index in [2.05, 4.69) is 0 Å². The maximum absolute atomic E-state index is 6.53. The van der Waals surface area contributed by atoms with Crippen molar-refractivity contribution in [1.29, 1.82) is 0 Å². The third-order valence-corrected chi connectivity index (χ3v) is 6.77. The van der Waals surface area contributed by atoms with Crippen molar-refractivity contribution in [2.75, 3.05) is 6.61 Å². The van der Waals surface area contributed by atoms with Crippen molar-refractivity contribution in [3.05, 3.63) is 0 Å². The van der Waals surface area contributed by atoms with Gasteiger partial charge in [-0.15, -0.1) is 0 Å². The minimum atomic E-state index is 0.564. The fourth-order valence-corrected chi connectivity index (χ4v) is 5.61. The summed E-state index contributed by atoms with van der Waals surface area (Å²) in [5.74, 6) is 0.986. The first kappa shape index (κ1) is 15.8. The van der Waals surface area contributed by atoms with Crippen LogP contribution >= 0.6 is 0 Å². The van der Waals surface area contributed by atoms with Gasteiger partial charge in [0.05, 0.1) is 6.10 Å². The molecule has 1 aliphatic heterocycles. The van der Waals surface area contributed by atoms with Crippen LogP contribution in [0.4, 0.5) is 0 Å². The molecular formula is C20H36O. The molecule has 0 bridgehead atoms. The van der Waals surface area contributed by atoms with Crippen molar-refractivity contribution in [3.63, 3.8) is 0 Å². The van der Waals surface area contributed by atoms with Crippen LogP contribution in [0.2, 0.25) is 0 Å². The van der Waals surface area contributed by atoms with Gasteiger partial charge in [-0.2, -0.15) is 0 Å². The second kappa shape index (κ2) is 7.99. The van der Waals surface area contributed by atoms with Crippen molar-refractivity contribution >= 4 is 0 Å². The minimum absolute atomic E-state index is 0.564. The van der Waals surface area contributed by atoms with Gasteiger partial charge >= 0.3 is 0 Å². The van der Waals surface area contributed by atoms with Crippen LogP contribution in [0.3, 0.4) is 0 Å². The molecule has 2 aliphatic carbocycles. The predicted molar refractivity (Wildman–Crippen MR) is 89.5 cm³/mol. The lowest BCUT2D eigenvalue weighted by Crippen LogP contribution is -2.44. The van der Waals surface area contributed by atoms with Gasteiger partial charge in [-0.3, -0.25) is 0 Å². The number of hydrogen-bond acceptors (Lipinski definition) is 1. The second-order valence-electron chi connectivity index (χ2n) is 8.04. The molecule has 0 N–H and O–H groups in total. The Morgan fingerprint density at radius 2 is 1.14 bits per heavy atom. The highest BCUT2D eigenvalue weighted by atomic mass is 16.5. The van der Waals surface area contributed by atoms with E-state index >= 15 is 0 Å². The summed E-state index contributed by atoms with van der Waals surface area (Å²) in [4.78, 5) is 0. The van der Waals surface area contributed by atoms with Gasteiger partial charge in [0, 0.05) is 6.61 Å². The molecule has 0 radical (unpaired) electrons. The molecule has 0 aromatic rings. The average Bonchev–Trinajstić information content (AvgIpc) is 2.94. The number of rotatable bonds is 2. The van der Waals surface area contributed by atoms with E-state index in [0.717, 1.165) is 12.5 Å². The molecule has 122 valence electrons. The Hall–Kier alpha value is -0.0400. The van der Waals surface area contributed by atoms with Gasteiger partial charge in [0.1, 0.15) is 0 Å². The van der Waals surface area contributed by atoms with Crippen LogP contribution in [-0.4, -0.2) is 12.7 Å². The molecule has 0 aromatic carbocycles. The Balaban J connectivity index is 1.78. The molecule has 1 nitrogen and oxygen atoms in total. The average molecular weight is 293 g/mol. The minimum Gasteiger partial charge on any atom is -0.378 e. The SMILES string of the molecule is C1CCCC(C2CCCC2)(C2CCCCCCO2)CCC1. The van der Waals surface area contributed by atoms with E-state index in [4.69, 9.17) is 4.74 Å². The zero-order chi connectivity index (χ0) is 14.4. The van der Waals surface area contributed by atoms with Crippen molar-refractivity contribution in [3.8, 4) is 0 Å². The van der Waals surface area contributed by atoms with E-state index in [-0.39, 0.29) is 0 Å². The Bertz CT molecular complexity index is 276. The third-order valence-electron chi connectivity index (χ3n) is 6.77. The number of hydrogen-bond donors (Lipinski definition) is 0. The van der Waals surface area contributed by atoms with Gasteiger partial charge in [0.2, 0.25) is 0 Å². The summed E-state index contributed by atoms with van der Waals surface area (Å²) < 4.78 is 6.53. The molecule has 0 spiro atoms. The monoisotopic (exact) mass is 292 g/mol. The molecule has 1 heterocycles. The van der Waals surface area contributed by atoms with E-state index in [9.17, 15) is 0 Å². The fraction of sp³-hybridized carbons (Fsp3) is 1.00. The summed E-state index contributed by atoms with van der Waals surface area (Å²) in [6.45, 7) is 1.04. The first-order chi connectivity index (χ1) is 10.4. The lowest BCUT2D eigenvalue weighted by atomic mass is 9.62. The zero-order valence-electron chi connectivity index (χ0n) is 14.1. The molecule has 1 heteroatoms. The van der Waals surface area contributed by atoms with Crippen LogP contribution in [0.5, 0.6) is 0 Å². The summed E-state index contributed by atoms with van der Waals surface area (Å²) in [6, 6.07) is 0. The topological polar surface area (TPSA) is 9.23 Å². The third kappa shape index (κ3) is 3.84. The van der Waals surface area contributed by atoms with Crippen molar-refractivity contribution < 1.29 is 4.74 Å². The molecule has 2 saturated carbocycles. The van der Waals surface area contributed by atoms with E-state index in [1.165, 1.54) is 103 Å². The summed E-state index contributed by atoms with van der Waals surface area (Å²) in [6.07, 6.45) is 23.8. The Morgan fingerprint density at radius 3 is 1.90 bits per heavy atom. The molecule has 1 atom stereocenters. The van der Waals surface area contributed by atoms with Crippen LogP contribution in [0, 0.1) is 11.3 Å². The van der Waals surface area contributed by atoms with Gasteiger partial charge in [0.25, 0.3) is 0 Å². The summed E-state index contributed by atoms with van der Waals surface area (Å²) in [5, 5.41) is 0. The van der Waals surface area contributed by atoms with Crippen molar-refractivity contribution in [1.82, 2.24) is 0 Å². The quantitative estimate of drug-likeness (QED) is 0.584. The Kier molecular flexibility index (Phi) is 6.03. The number of ether oxygens (including phenoxy) is 1. The largest absolute Gasteiger partial charge is 0.378 e. The van der Waals surface area contributed by atoms with E-state index < -0.39 is 0 Å². The van der Waals surface area contributed by atoms with Gasteiger partial charge in [-0.05, 0) is 49.9 Å². The normalized spacial score (nSPS) is 32.9. The molecule has 0 amide bonds. The van der Waals surface area contributed by atoms with E-state index in [0.29, 0.717) is 11.5 Å². The van der Waals surface area contributed by atoms with Gasteiger partial charge in [-0.1, -0.05) is 64.2 Å². The predicted octanol–water partition coefficient (Wildman–Crippen LogP) is 6.26. The summed E-state index contributed by atoms with van der Waals surface area (Å²) in [7, 11) is 0. The zero-order valence-corrected chi connectivity index (χ0v) is 14.1. The Labute approximate surface area is 132 Å². The molecule has 21 heavy (non-hydrogen) atoms. The van der Waals surface area contributed by atoms with Crippen LogP contribution in [-0.2, 0) is 4.74 Å². The molecular weight excluding hydrogens is 256 g/mol. The van der Waals surface area contributed by atoms with Crippen LogP contribution < -0.4 is 0 Å². The molecule has 1 unspecified atom stereocenters. The standard InChI is InChI=1S/C20H36O/c1-3-9-15-20(16-10-4-1,18-12-7-8-13-18)19-14-6-2-5-11-17-21-19/h18-19H,1-17H2. The maximum atomic E-state index is 6.53. The molecule has 3 aliphatic rings. The Morgan fingerprint density at radius 1 is 0.571 bits per heavy atom. The molecule has 3 fully saturated rings.